The van der Waals surface area contributed by atoms with E-state index in [-0.39, 0.29) is 0 Å². The fourth-order valence-electron chi connectivity index (χ4n) is 8.18. The highest BCUT2D eigenvalue weighted by Gasteiger charge is 2.57. The summed E-state index contributed by atoms with van der Waals surface area (Å²) in [7, 11) is 0. The third-order valence-corrected chi connectivity index (χ3v) is 9.64. The van der Waals surface area contributed by atoms with Gasteiger partial charge < -0.3 is 0 Å². The van der Waals surface area contributed by atoms with Crippen LogP contribution in [0.3, 0.4) is 0 Å². The lowest BCUT2D eigenvalue weighted by atomic mass is 9.44. The molecule has 7 atom stereocenters. The van der Waals surface area contributed by atoms with Crippen LogP contribution in [0.25, 0.3) is 0 Å². The molecule has 0 aromatic rings. The number of allylic oxidation sites excluding steroid dienone is 2. The van der Waals surface area contributed by atoms with E-state index in [2.05, 4.69) is 47.6 Å². The van der Waals surface area contributed by atoms with Crippen LogP contribution in [0.1, 0.15) is 99.3 Å². The van der Waals surface area contributed by atoms with Crippen LogP contribution in [0.4, 0.5) is 0 Å². The van der Waals surface area contributed by atoms with Gasteiger partial charge in [-0.25, -0.2) is 0 Å². The normalized spacial score (nSPS) is 49.8. The van der Waals surface area contributed by atoms with Crippen molar-refractivity contribution in [3.8, 4) is 0 Å². The fourth-order valence-corrected chi connectivity index (χ4v) is 8.18. The minimum atomic E-state index is 0.509. The molecule has 0 saturated heterocycles. The van der Waals surface area contributed by atoms with Crippen molar-refractivity contribution in [2.24, 2.45) is 45.8 Å². The van der Waals surface area contributed by atoms with Crippen LogP contribution in [0.2, 0.25) is 0 Å². The molecule has 25 heavy (non-hydrogen) atoms. The molecule has 0 aromatic carbocycles. The number of fused-ring (bicyclic) bond motifs is 5. The minimum absolute atomic E-state index is 0.509. The maximum absolute atomic E-state index is 2.72. The predicted octanol–water partition coefficient (Wildman–Crippen LogP) is 7.64. The van der Waals surface area contributed by atoms with Crippen LogP contribution in [0, 0.1) is 45.8 Å². The van der Waals surface area contributed by atoms with Crippen LogP contribution in [-0.4, -0.2) is 0 Å². The lowest BCUT2D eigenvalue weighted by Gasteiger charge is -2.61. The summed E-state index contributed by atoms with van der Waals surface area (Å²) in [5.41, 5.74) is 3.44. The zero-order chi connectivity index (χ0) is 18.0. The molecular weight excluding hydrogens is 300 g/mol. The molecule has 4 aliphatic rings. The Labute approximate surface area is 157 Å². The molecule has 0 amide bonds. The summed E-state index contributed by atoms with van der Waals surface area (Å²) in [6, 6.07) is 0. The first-order valence-electron chi connectivity index (χ1n) is 11.3. The number of hydrogen-bond donors (Lipinski definition) is 0. The largest absolute Gasteiger partial charge is 0.0847 e. The van der Waals surface area contributed by atoms with Gasteiger partial charge in [0.25, 0.3) is 0 Å². The first-order chi connectivity index (χ1) is 11.6. The Morgan fingerprint density at radius 2 is 1.76 bits per heavy atom. The van der Waals surface area contributed by atoms with Gasteiger partial charge in [-0.05, 0) is 111 Å². The standard InChI is InChI=1S/C25H42/c1-17-7-10-21-20-9-8-19-15-18(16-23(2,3)4)11-13-25(19,6)22(20)12-14-24(17,21)5/h7,18-22H,8-16H2,1-6H3/t18-,19?,20?,21?,22?,24?,25?/m0/s1. The molecule has 0 nitrogen and oxygen atoms in total. The van der Waals surface area contributed by atoms with Gasteiger partial charge in [0, 0.05) is 0 Å². The molecule has 142 valence electrons. The van der Waals surface area contributed by atoms with E-state index in [1.807, 2.05) is 0 Å². The Morgan fingerprint density at radius 1 is 1.00 bits per heavy atom. The Bertz CT molecular complexity index is 549. The highest BCUT2D eigenvalue weighted by atomic mass is 14.6. The Morgan fingerprint density at radius 3 is 2.48 bits per heavy atom. The summed E-state index contributed by atoms with van der Waals surface area (Å²) in [5.74, 6) is 5.04. The van der Waals surface area contributed by atoms with Crippen molar-refractivity contribution in [3.63, 3.8) is 0 Å². The SMILES string of the molecule is CC1=CCC2C3CCC4C[C@@H](CC(C)(C)C)CCC4(C)C3CCC12C. The first-order valence-corrected chi connectivity index (χ1v) is 11.3. The predicted molar refractivity (Wildman–Crippen MR) is 108 cm³/mol. The van der Waals surface area contributed by atoms with Crippen molar-refractivity contribution in [3.05, 3.63) is 11.6 Å². The van der Waals surface area contributed by atoms with E-state index in [9.17, 15) is 0 Å². The minimum Gasteiger partial charge on any atom is -0.0847 e. The molecule has 0 spiro atoms. The highest BCUT2D eigenvalue weighted by molar-refractivity contribution is 5.23. The lowest BCUT2D eigenvalue weighted by molar-refractivity contribution is -0.109. The second-order valence-electron chi connectivity index (χ2n) is 12.1. The molecule has 0 N–H and O–H groups in total. The topological polar surface area (TPSA) is 0 Å². The van der Waals surface area contributed by atoms with Gasteiger partial charge in [0.15, 0.2) is 0 Å². The zero-order valence-electron chi connectivity index (χ0n) is 17.8. The summed E-state index contributed by atoms with van der Waals surface area (Å²) in [5, 5.41) is 0. The average molecular weight is 343 g/mol. The smallest absolute Gasteiger partial charge is 0.00851 e. The Kier molecular flexibility index (Phi) is 4.25. The van der Waals surface area contributed by atoms with Crippen LogP contribution in [0.5, 0.6) is 0 Å². The van der Waals surface area contributed by atoms with E-state index in [0.717, 1.165) is 29.6 Å². The van der Waals surface area contributed by atoms with Gasteiger partial charge in [-0.2, -0.15) is 0 Å². The summed E-state index contributed by atoms with van der Waals surface area (Å²) in [4.78, 5) is 0. The molecule has 0 heteroatoms. The summed E-state index contributed by atoms with van der Waals surface area (Å²) < 4.78 is 0. The Balaban J connectivity index is 1.51. The van der Waals surface area contributed by atoms with E-state index in [0.29, 0.717) is 16.2 Å². The molecule has 0 heterocycles. The van der Waals surface area contributed by atoms with Crippen molar-refractivity contribution in [1.29, 1.82) is 0 Å². The molecular formula is C25H42. The molecule has 3 fully saturated rings. The molecule has 3 saturated carbocycles. The first kappa shape index (κ1) is 18.1. The maximum atomic E-state index is 2.72. The summed E-state index contributed by atoms with van der Waals surface area (Å²) >= 11 is 0. The van der Waals surface area contributed by atoms with Crippen LogP contribution in [0.15, 0.2) is 11.6 Å². The molecule has 0 aliphatic heterocycles. The second kappa shape index (κ2) is 5.87. The van der Waals surface area contributed by atoms with Gasteiger partial charge in [0.1, 0.15) is 0 Å². The monoisotopic (exact) mass is 342 g/mol. The molecule has 0 radical (unpaired) electrons. The van der Waals surface area contributed by atoms with E-state index >= 15 is 0 Å². The number of hydrogen-bond acceptors (Lipinski definition) is 0. The van der Waals surface area contributed by atoms with Crippen molar-refractivity contribution >= 4 is 0 Å². The van der Waals surface area contributed by atoms with Crippen molar-refractivity contribution < 1.29 is 0 Å². The van der Waals surface area contributed by atoms with Crippen molar-refractivity contribution in [2.75, 3.05) is 0 Å². The van der Waals surface area contributed by atoms with Crippen LogP contribution < -0.4 is 0 Å². The van der Waals surface area contributed by atoms with Gasteiger partial charge in [0.2, 0.25) is 0 Å². The van der Waals surface area contributed by atoms with E-state index in [4.69, 9.17) is 0 Å². The molecule has 4 aliphatic carbocycles. The third-order valence-electron chi connectivity index (χ3n) is 9.64. The van der Waals surface area contributed by atoms with Crippen LogP contribution >= 0.6 is 0 Å². The van der Waals surface area contributed by atoms with Crippen molar-refractivity contribution in [2.45, 2.75) is 99.3 Å². The van der Waals surface area contributed by atoms with Crippen LogP contribution in [-0.2, 0) is 0 Å². The second-order valence-corrected chi connectivity index (χ2v) is 12.1. The van der Waals surface area contributed by atoms with Crippen molar-refractivity contribution in [1.82, 2.24) is 0 Å². The maximum Gasteiger partial charge on any atom is -0.00851 e. The molecule has 4 rings (SSSR count). The Hall–Kier alpha value is -0.260. The van der Waals surface area contributed by atoms with E-state index < -0.39 is 0 Å². The summed E-state index contributed by atoms with van der Waals surface area (Å²) in [6.45, 7) is 15.1. The summed E-state index contributed by atoms with van der Waals surface area (Å²) in [6.07, 6.45) is 16.0. The van der Waals surface area contributed by atoms with E-state index in [1.165, 1.54) is 57.8 Å². The zero-order valence-corrected chi connectivity index (χ0v) is 17.8. The fraction of sp³-hybridized carbons (Fsp3) is 0.920. The molecule has 0 aromatic heterocycles. The van der Waals surface area contributed by atoms with Gasteiger partial charge >= 0.3 is 0 Å². The molecule has 6 unspecified atom stereocenters. The third kappa shape index (κ3) is 2.85. The van der Waals surface area contributed by atoms with Gasteiger partial charge in [-0.1, -0.05) is 46.3 Å². The van der Waals surface area contributed by atoms with Gasteiger partial charge in [-0.15, -0.1) is 0 Å². The van der Waals surface area contributed by atoms with E-state index in [1.54, 1.807) is 5.57 Å². The lowest BCUT2D eigenvalue weighted by Crippen LogP contribution is -2.53. The molecule has 0 bridgehead atoms. The number of rotatable bonds is 1. The highest BCUT2D eigenvalue weighted by Crippen LogP contribution is 2.66. The van der Waals surface area contributed by atoms with Gasteiger partial charge in [-0.3, -0.25) is 0 Å². The average Bonchev–Trinajstić information content (AvgIpc) is 2.82. The quantitative estimate of drug-likeness (QED) is 0.429. The van der Waals surface area contributed by atoms with Gasteiger partial charge in [0.05, 0.1) is 0 Å².